The van der Waals surface area contributed by atoms with E-state index in [9.17, 15) is 4.79 Å². The van der Waals surface area contributed by atoms with Crippen molar-refractivity contribution in [2.24, 2.45) is 7.05 Å². The summed E-state index contributed by atoms with van der Waals surface area (Å²) in [5.41, 5.74) is 0. The molecule has 1 aromatic rings. The Hall–Kier alpha value is -1.32. The van der Waals surface area contributed by atoms with Gasteiger partial charge in [-0.15, -0.1) is 5.10 Å². The molecule has 4 nitrogen and oxygen atoms in total. The zero-order valence-electron chi connectivity index (χ0n) is 5.87. The number of aryl methyl sites for hydroxylation is 1. The molecule has 0 aliphatic rings. The first-order valence-electron chi connectivity index (χ1n) is 2.86. The first kappa shape index (κ1) is 6.80. The molecule has 0 unspecified atom stereocenters. The van der Waals surface area contributed by atoms with Gasteiger partial charge in [-0.2, -0.15) is 0 Å². The van der Waals surface area contributed by atoms with Crippen molar-refractivity contribution >= 4 is 5.97 Å². The molecule has 0 spiro atoms. The number of hydrogen-bond acceptors (Lipinski definition) is 3. The number of rotatable bonds is 1. The number of hydrogen-bond donors (Lipinski definition) is 0. The van der Waals surface area contributed by atoms with E-state index in [0.29, 0.717) is 5.88 Å². The topological polar surface area (TPSA) is 44.1 Å². The Morgan fingerprint density at radius 1 is 1.80 bits per heavy atom. The van der Waals surface area contributed by atoms with Crippen LogP contribution >= 0.6 is 0 Å². The van der Waals surface area contributed by atoms with Crippen molar-refractivity contribution in [3.8, 4) is 5.88 Å². The third-order valence-corrected chi connectivity index (χ3v) is 0.937. The van der Waals surface area contributed by atoms with E-state index < -0.39 is 0 Å². The zero-order chi connectivity index (χ0) is 7.56. The lowest BCUT2D eigenvalue weighted by molar-refractivity contribution is -0.132. The summed E-state index contributed by atoms with van der Waals surface area (Å²) in [7, 11) is 1.76. The highest BCUT2D eigenvalue weighted by Gasteiger charge is 1.98. The molecule has 0 N–H and O–H groups in total. The van der Waals surface area contributed by atoms with Crippen molar-refractivity contribution < 1.29 is 9.53 Å². The van der Waals surface area contributed by atoms with Gasteiger partial charge in [0.2, 0.25) is 5.88 Å². The van der Waals surface area contributed by atoms with Crippen LogP contribution in [-0.2, 0) is 11.8 Å². The summed E-state index contributed by atoms with van der Waals surface area (Å²) in [4.78, 5) is 10.4. The van der Waals surface area contributed by atoms with E-state index in [0.717, 1.165) is 0 Å². The summed E-state index contributed by atoms with van der Waals surface area (Å²) in [5, 5.41) is 3.82. The SMILES string of the molecule is CC(=O)Oc1ccn(C)n1. The largest absolute Gasteiger partial charge is 0.406 e. The van der Waals surface area contributed by atoms with E-state index >= 15 is 0 Å². The fourth-order valence-corrected chi connectivity index (χ4v) is 0.595. The molecule has 0 atom stereocenters. The minimum absolute atomic E-state index is 0.343. The lowest BCUT2D eigenvalue weighted by atomic mass is 10.7. The highest BCUT2D eigenvalue weighted by atomic mass is 16.5. The van der Waals surface area contributed by atoms with Crippen molar-refractivity contribution in [2.45, 2.75) is 6.92 Å². The maximum atomic E-state index is 10.4. The Balaban J connectivity index is 2.67. The maximum Gasteiger partial charge on any atom is 0.309 e. The fraction of sp³-hybridized carbons (Fsp3) is 0.333. The molecule has 0 aliphatic carbocycles. The molecular weight excluding hydrogens is 132 g/mol. The second-order valence-electron chi connectivity index (χ2n) is 1.92. The summed E-state index contributed by atoms with van der Waals surface area (Å²) in [6.07, 6.45) is 1.71. The van der Waals surface area contributed by atoms with E-state index in [1.54, 1.807) is 24.0 Å². The van der Waals surface area contributed by atoms with Crippen LogP contribution in [0.3, 0.4) is 0 Å². The number of ether oxygens (including phenoxy) is 1. The summed E-state index contributed by atoms with van der Waals surface area (Å²) in [6, 6.07) is 1.63. The molecule has 0 aliphatic heterocycles. The van der Waals surface area contributed by atoms with Crippen LogP contribution in [0.25, 0.3) is 0 Å². The Bertz CT molecular complexity index is 242. The predicted octanol–water partition coefficient (Wildman–Crippen LogP) is 0.345. The van der Waals surface area contributed by atoms with Crippen LogP contribution < -0.4 is 4.74 Å². The van der Waals surface area contributed by atoms with Crippen LogP contribution in [0.15, 0.2) is 12.3 Å². The van der Waals surface area contributed by atoms with E-state index in [1.807, 2.05) is 0 Å². The van der Waals surface area contributed by atoms with Crippen LogP contribution in [0, 0.1) is 0 Å². The van der Waals surface area contributed by atoms with Crippen LogP contribution in [-0.4, -0.2) is 15.7 Å². The molecule has 0 bridgehead atoms. The number of carbonyl (C=O) groups excluding carboxylic acids is 1. The van der Waals surface area contributed by atoms with Gasteiger partial charge in [0, 0.05) is 26.2 Å². The number of nitrogens with zero attached hydrogens (tertiary/aromatic N) is 2. The van der Waals surface area contributed by atoms with Crippen LogP contribution in [0.1, 0.15) is 6.92 Å². The van der Waals surface area contributed by atoms with Crippen LogP contribution in [0.5, 0.6) is 5.88 Å². The molecule has 54 valence electrons. The van der Waals surface area contributed by atoms with Gasteiger partial charge in [-0.05, 0) is 0 Å². The quantitative estimate of drug-likeness (QED) is 0.528. The van der Waals surface area contributed by atoms with Crippen molar-refractivity contribution in [1.29, 1.82) is 0 Å². The maximum absolute atomic E-state index is 10.4. The third kappa shape index (κ3) is 1.58. The molecule has 0 aromatic carbocycles. The average molecular weight is 140 g/mol. The highest BCUT2D eigenvalue weighted by molar-refractivity contribution is 5.68. The lowest BCUT2D eigenvalue weighted by Crippen LogP contribution is -2.02. The van der Waals surface area contributed by atoms with E-state index in [1.165, 1.54) is 6.92 Å². The molecule has 1 rings (SSSR count). The summed E-state index contributed by atoms with van der Waals surface area (Å²) in [6.45, 7) is 1.34. The van der Waals surface area contributed by atoms with Crippen molar-refractivity contribution in [2.75, 3.05) is 0 Å². The van der Waals surface area contributed by atoms with Gasteiger partial charge in [-0.25, -0.2) is 0 Å². The molecule has 10 heavy (non-hydrogen) atoms. The molecule has 0 saturated heterocycles. The van der Waals surface area contributed by atoms with E-state index in [4.69, 9.17) is 0 Å². The molecule has 0 fully saturated rings. The van der Waals surface area contributed by atoms with Gasteiger partial charge in [0.15, 0.2) is 0 Å². The lowest BCUT2D eigenvalue weighted by Gasteiger charge is -1.91. The number of aromatic nitrogens is 2. The smallest absolute Gasteiger partial charge is 0.309 e. The molecule has 4 heteroatoms. The summed E-state index contributed by atoms with van der Waals surface area (Å²) in [5.74, 6) is -0.00583. The molecule has 1 aromatic heterocycles. The summed E-state index contributed by atoms with van der Waals surface area (Å²) < 4.78 is 6.23. The first-order chi connectivity index (χ1) is 4.68. The normalized spacial score (nSPS) is 9.40. The van der Waals surface area contributed by atoms with Crippen molar-refractivity contribution in [3.63, 3.8) is 0 Å². The molecule has 0 saturated carbocycles. The molecular formula is C6H8N2O2. The summed E-state index contributed by atoms with van der Waals surface area (Å²) >= 11 is 0. The molecule has 0 radical (unpaired) electrons. The van der Waals surface area contributed by atoms with Gasteiger partial charge in [0.1, 0.15) is 0 Å². The van der Waals surface area contributed by atoms with Gasteiger partial charge in [-0.1, -0.05) is 0 Å². The van der Waals surface area contributed by atoms with Crippen LogP contribution in [0.2, 0.25) is 0 Å². The third-order valence-electron chi connectivity index (χ3n) is 0.937. The van der Waals surface area contributed by atoms with Gasteiger partial charge in [0.25, 0.3) is 0 Å². The molecule has 1 heterocycles. The second-order valence-corrected chi connectivity index (χ2v) is 1.92. The average Bonchev–Trinajstić information content (AvgIpc) is 2.13. The Morgan fingerprint density at radius 3 is 2.90 bits per heavy atom. The monoisotopic (exact) mass is 140 g/mol. The Morgan fingerprint density at radius 2 is 2.50 bits per heavy atom. The van der Waals surface area contributed by atoms with Gasteiger partial charge < -0.3 is 4.74 Å². The number of esters is 1. The predicted molar refractivity (Wildman–Crippen MR) is 34.5 cm³/mol. The van der Waals surface area contributed by atoms with Crippen molar-refractivity contribution in [3.05, 3.63) is 12.3 Å². The Kier molecular flexibility index (Phi) is 1.71. The fourth-order valence-electron chi connectivity index (χ4n) is 0.595. The van der Waals surface area contributed by atoms with Crippen LogP contribution in [0.4, 0.5) is 0 Å². The number of carbonyl (C=O) groups is 1. The Labute approximate surface area is 58.4 Å². The van der Waals surface area contributed by atoms with E-state index in [-0.39, 0.29) is 5.97 Å². The van der Waals surface area contributed by atoms with Gasteiger partial charge in [0.05, 0.1) is 0 Å². The van der Waals surface area contributed by atoms with E-state index in [2.05, 4.69) is 9.84 Å². The van der Waals surface area contributed by atoms with Gasteiger partial charge in [-0.3, -0.25) is 9.48 Å². The van der Waals surface area contributed by atoms with Crippen molar-refractivity contribution in [1.82, 2.24) is 9.78 Å². The molecule has 0 amide bonds. The first-order valence-corrected chi connectivity index (χ1v) is 2.86. The highest BCUT2D eigenvalue weighted by Crippen LogP contribution is 2.03. The minimum atomic E-state index is -0.348. The minimum Gasteiger partial charge on any atom is -0.406 e. The van der Waals surface area contributed by atoms with Gasteiger partial charge >= 0.3 is 5.97 Å². The standard InChI is InChI=1S/C6H8N2O2/c1-5(9)10-6-3-4-8(2)7-6/h3-4H,1-2H3. The second kappa shape index (κ2) is 2.51. The zero-order valence-corrected chi connectivity index (χ0v) is 5.87.